The van der Waals surface area contributed by atoms with Crippen molar-refractivity contribution < 1.29 is 4.79 Å². The molecular formula is C20H28ClN3O. The second-order valence-electron chi connectivity index (χ2n) is 7.94. The summed E-state index contributed by atoms with van der Waals surface area (Å²) in [6.07, 6.45) is 9.18. The number of nitrogens with zero attached hydrogens (tertiary/aromatic N) is 1. The molecule has 3 saturated heterocycles. The second kappa shape index (κ2) is 7.55. The molecule has 3 fully saturated rings. The van der Waals surface area contributed by atoms with Crippen LogP contribution in [0.3, 0.4) is 0 Å². The topological polar surface area (TPSA) is 44.4 Å². The second-order valence-corrected chi connectivity index (χ2v) is 8.37. The fourth-order valence-electron chi connectivity index (χ4n) is 4.82. The molecule has 2 bridgehead atoms. The van der Waals surface area contributed by atoms with Gasteiger partial charge in [-0.2, -0.15) is 0 Å². The van der Waals surface area contributed by atoms with Gasteiger partial charge in [0, 0.05) is 36.6 Å². The molecule has 2 N–H and O–H groups in total. The molecule has 0 aliphatic carbocycles. The maximum atomic E-state index is 12.7. The molecule has 25 heavy (non-hydrogen) atoms. The summed E-state index contributed by atoms with van der Waals surface area (Å²) >= 11 is 6.20. The van der Waals surface area contributed by atoms with Crippen molar-refractivity contribution in [2.45, 2.75) is 63.5 Å². The lowest BCUT2D eigenvalue weighted by Gasteiger charge is -2.31. The Bertz CT molecular complexity index is 617. The molecule has 0 saturated carbocycles. The van der Waals surface area contributed by atoms with E-state index in [1.54, 1.807) is 0 Å². The zero-order chi connectivity index (χ0) is 17.2. The standard InChI is InChI=1S/C20H28ClN3O/c21-15-4-7-19(24-8-2-1-3-9-24)18(13-15)23-20(25)12-14-10-16-5-6-17(11-14)22-16/h4,7,13-14,16-17,22H,1-3,5-6,8-12H2,(H,23,25). The number of amides is 1. The van der Waals surface area contributed by atoms with Gasteiger partial charge in [0.1, 0.15) is 0 Å². The highest BCUT2D eigenvalue weighted by Gasteiger charge is 2.34. The Hall–Kier alpha value is -1.26. The predicted octanol–water partition coefficient (Wildman–Crippen LogP) is 4.19. The SMILES string of the molecule is O=C(CC1CC2CCC(C1)N2)Nc1cc(Cl)ccc1N1CCCCC1. The van der Waals surface area contributed by atoms with Crippen molar-refractivity contribution in [3.63, 3.8) is 0 Å². The highest BCUT2D eigenvalue weighted by Crippen LogP contribution is 2.34. The van der Waals surface area contributed by atoms with E-state index in [4.69, 9.17) is 11.6 Å². The minimum Gasteiger partial charge on any atom is -0.370 e. The van der Waals surface area contributed by atoms with Gasteiger partial charge >= 0.3 is 0 Å². The lowest BCUT2D eigenvalue weighted by Crippen LogP contribution is -2.39. The van der Waals surface area contributed by atoms with Crippen LogP contribution in [0.25, 0.3) is 0 Å². The summed E-state index contributed by atoms with van der Waals surface area (Å²) in [5.74, 6) is 0.642. The Balaban J connectivity index is 1.42. The van der Waals surface area contributed by atoms with E-state index >= 15 is 0 Å². The number of fused-ring (bicyclic) bond motifs is 2. The largest absolute Gasteiger partial charge is 0.370 e. The van der Waals surface area contributed by atoms with Crippen molar-refractivity contribution in [3.8, 4) is 0 Å². The van der Waals surface area contributed by atoms with Gasteiger partial charge in [0.05, 0.1) is 11.4 Å². The maximum Gasteiger partial charge on any atom is 0.224 e. The highest BCUT2D eigenvalue weighted by atomic mass is 35.5. The van der Waals surface area contributed by atoms with Crippen LogP contribution in [0.1, 0.15) is 51.4 Å². The number of rotatable bonds is 4. The lowest BCUT2D eigenvalue weighted by molar-refractivity contribution is -0.117. The molecule has 2 atom stereocenters. The van der Waals surface area contributed by atoms with Gasteiger partial charge in [0.15, 0.2) is 0 Å². The third-order valence-corrected chi connectivity index (χ3v) is 6.21. The molecule has 4 rings (SSSR count). The summed E-state index contributed by atoms with van der Waals surface area (Å²) in [5, 5.41) is 7.48. The average molecular weight is 362 g/mol. The third kappa shape index (κ3) is 4.12. The lowest BCUT2D eigenvalue weighted by atomic mass is 9.89. The minimum atomic E-state index is 0.131. The number of nitrogens with one attached hydrogen (secondary N) is 2. The Morgan fingerprint density at radius 1 is 1.16 bits per heavy atom. The number of hydrogen-bond acceptors (Lipinski definition) is 3. The number of anilines is 2. The van der Waals surface area contributed by atoms with Crippen molar-refractivity contribution in [3.05, 3.63) is 23.2 Å². The molecule has 136 valence electrons. The summed E-state index contributed by atoms with van der Waals surface area (Å²) in [7, 11) is 0. The van der Waals surface area contributed by atoms with Gasteiger partial charge in [-0.15, -0.1) is 0 Å². The smallest absolute Gasteiger partial charge is 0.224 e. The molecule has 3 heterocycles. The summed E-state index contributed by atoms with van der Waals surface area (Å²) in [6.45, 7) is 2.12. The summed E-state index contributed by atoms with van der Waals surface area (Å²) in [5.41, 5.74) is 1.99. The van der Waals surface area contributed by atoms with Gasteiger partial charge in [-0.1, -0.05) is 11.6 Å². The molecule has 1 aromatic carbocycles. The first-order valence-corrected chi connectivity index (χ1v) is 10.2. The van der Waals surface area contributed by atoms with Gasteiger partial charge in [-0.05, 0) is 69.1 Å². The number of carbonyl (C=O) groups excluding carboxylic acids is 1. The first kappa shape index (κ1) is 17.2. The third-order valence-electron chi connectivity index (χ3n) is 5.97. The van der Waals surface area contributed by atoms with Crippen LogP contribution in [0.4, 0.5) is 11.4 Å². The fraction of sp³-hybridized carbons (Fsp3) is 0.650. The molecule has 3 aliphatic rings. The first-order valence-electron chi connectivity index (χ1n) is 9.78. The van der Waals surface area contributed by atoms with Crippen LogP contribution in [-0.2, 0) is 4.79 Å². The van der Waals surface area contributed by atoms with Crippen LogP contribution in [0.15, 0.2) is 18.2 Å². The minimum absolute atomic E-state index is 0.131. The van der Waals surface area contributed by atoms with Crippen LogP contribution in [0.2, 0.25) is 5.02 Å². The number of piperidine rings is 2. The van der Waals surface area contributed by atoms with E-state index in [0.29, 0.717) is 29.4 Å². The van der Waals surface area contributed by atoms with Crippen molar-refractivity contribution in [2.75, 3.05) is 23.3 Å². The van der Waals surface area contributed by atoms with Crippen molar-refractivity contribution in [2.24, 2.45) is 5.92 Å². The quantitative estimate of drug-likeness (QED) is 0.845. The van der Waals surface area contributed by atoms with Gasteiger partial charge in [0.25, 0.3) is 0 Å². The Kier molecular flexibility index (Phi) is 5.18. The zero-order valence-electron chi connectivity index (χ0n) is 14.8. The monoisotopic (exact) mass is 361 g/mol. The van der Waals surface area contributed by atoms with Crippen LogP contribution < -0.4 is 15.5 Å². The predicted molar refractivity (Wildman–Crippen MR) is 103 cm³/mol. The van der Waals surface area contributed by atoms with Crippen LogP contribution >= 0.6 is 11.6 Å². The average Bonchev–Trinajstić information content (AvgIpc) is 2.94. The van der Waals surface area contributed by atoms with E-state index in [1.807, 2.05) is 18.2 Å². The van der Waals surface area contributed by atoms with Gasteiger partial charge < -0.3 is 15.5 Å². The van der Waals surface area contributed by atoms with Crippen LogP contribution in [0.5, 0.6) is 0 Å². The maximum absolute atomic E-state index is 12.7. The molecule has 3 aliphatic heterocycles. The molecule has 0 spiro atoms. The van der Waals surface area contributed by atoms with E-state index in [-0.39, 0.29) is 5.91 Å². The Morgan fingerprint density at radius 2 is 1.88 bits per heavy atom. The summed E-state index contributed by atoms with van der Waals surface area (Å²) < 4.78 is 0. The molecule has 1 aromatic rings. The van der Waals surface area contributed by atoms with E-state index in [9.17, 15) is 4.79 Å². The first-order chi connectivity index (χ1) is 12.2. The zero-order valence-corrected chi connectivity index (χ0v) is 15.5. The number of halogens is 1. The molecular weight excluding hydrogens is 334 g/mol. The molecule has 4 nitrogen and oxygen atoms in total. The molecule has 1 amide bonds. The van der Waals surface area contributed by atoms with E-state index in [0.717, 1.165) is 37.3 Å². The Morgan fingerprint density at radius 3 is 2.60 bits per heavy atom. The highest BCUT2D eigenvalue weighted by molar-refractivity contribution is 6.31. The van der Waals surface area contributed by atoms with E-state index in [1.165, 1.54) is 32.1 Å². The Labute approximate surface area is 155 Å². The number of hydrogen-bond donors (Lipinski definition) is 2. The van der Waals surface area contributed by atoms with E-state index in [2.05, 4.69) is 15.5 Å². The number of benzene rings is 1. The van der Waals surface area contributed by atoms with Crippen molar-refractivity contribution >= 4 is 28.9 Å². The fourth-order valence-corrected chi connectivity index (χ4v) is 5.00. The van der Waals surface area contributed by atoms with Crippen LogP contribution in [-0.4, -0.2) is 31.1 Å². The molecule has 5 heteroatoms. The molecule has 0 aromatic heterocycles. The normalized spacial score (nSPS) is 28.8. The van der Waals surface area contributed by atoms with Gasteiger partial charge in [-0.3, -0.25) is 4.79 Å². The summed E-state index contributed by atoms with van der Waals surface area (Å²) in [4.78, 5) is 15.0. The molecule has 0 radical (unpaired) electrons. The van der Waals surface area contributed by atoms with Crippen molar-refractivity contribution in [1.82, 2.24) is 5.32 Å². The van der Waals surface area contributed by atoms with Gasteiger partial charge in [-0.25, -0.2) is 0 Å². The van der Waals surface area contributed by atoms with Crippen molar-refractivity contribution in [1.29, 1.82) is 0 Å². The van der Waals surface area contributed by atoms with Crippen LogP contribution in [0, 0.1) is 5.92 Å². The van der Waals surface area contributed by atoms with E-state index < -0.39 is 0 Å². The number of carbonyl (C=O) groups is 1. The van der Waals surface area contributed by atoms with Gasteiger partial charge in [0.2, 0.25) is 5.91 Å². The summed E-state index contributed by atoms with van der Waals surface area (Å²) in [6, 6.07) is 7.13. The molecule has 2 unspecified atom stereocenters.